The van der Waals surface area contributed by atoms with Crippen molar-refractivity contribution in [3.05, 3.63) is 28.3 Å². The Labute approximate surface area is 111 Å². The third-order valence-electron chi connectivity index (χ3n) is 2.67. The van der Waals surface area contributed by atoms with Crippen molar-refractivity contribution in [3.63, 3.8) is 0 Å². The van der Waals surface area contributed by atoms with E-state index in [1.807, 2.05) is 0 Å². The largest absolute Gasteiger partial charge is 0.357 e. The number of nitrogens with one attached hydrogen (secondary N) is 1. The van der Waals surface area contributed by atoms with Crippen molar-refractivity contribution in [1.82, 2.24) is 5.32 Å². The first-order chi connectivity index (χ1) is 8.42. The van der Waals surface area contributed by atoms with Gasteiger partial charge < -0.3 is 5.32 Å². The first kappa shape index (κ1) is 14.0. The summed E-state index contributed by atoms with van der Waals surface area (Å²) in [6.45, 7) is 1.11. The minimum Gasteiger partial charge on any atom is -0.312 e. The van der Waals surface area contributed by atoms with Crippen LogP contribution in [0.5, 0.6) is 0 Å². The van der Waals surface area contributed by atoms with E-state index in [0.717, 1.165) is 12.1 Å². The van der Waals surface area contributed by atoms with Crippen molar-refractivity contribution in [2.24, 2.45) is 0 Å². The molecule has 2 rings (SSSR count). The van der Waals surface area contributed by atoms with Gasteiger partial charge in [0.1, 0.15) is 0 Å². The van der Waals surface area contributed by atoms with Crippen LogP contribution in [0.1, 0.15) is 11.1 Å². The lowest BCUT2D eigenvalue weighted by atomic mass is 10.0. The highest BCUT2D eigenvalue weighted by Gasteiger charge is 2.43. The van der Waals surface area contributed by atoms with Gasteiger partial charge in [-0.15, -0.1) is 0 Å². The van der Waals surface area contributed by atoms with Crippen molar-refractivity contribution < 1.29 is 17.6 Å². The molecule has 1 N–H and O–H groups in total. The molecule has 1 aromatic rings. The highest BCUT2D eigenvalue weighted by molar-refractivity contribution is 8.00. The second-order valence-electron chi connectivity index (χ2n) is 3.91. The molecule has 0 saturated heterocycles. The monoisotopic (exact) mass is 299 g/mol. The summed E-state index contributed by atoms with van der Waals surface area (Å²) in [6, 6.07) is 3.23. The second-order valence-corrected chi connectivity index (χ2v) is 5.47. The summed E-state index contributed by atoms with van der Waals surface area (Å²) in [5, 5.41) is -1.02. The van der Waals surface area contributed by atoms with Crippen molar-refractivity contribution >= 4 is 23.4 Å². The highest BCUT2D eigenvalue weighted by atomic mass is 35.5. The minimum absolute atomic E-state index is 0.0478. The van der Waals surface area contributed by atoms with Gasteiger partial charge in [-0.2, -0.15) is 8.78 Å². The lowest BCUT2D eigenvalue weighted by molar-refractivity contribution is -0.0563. The quantitative estimate of drug-likeness (QED) is 0.670. The van der Waals surface area contributed by atoms with Gasteiger partial charge in [0, 0.05) is 11.4 Å². The molecule has 0 bridgehead atoms. The zero-order valence-electron chi connectivity index (χ0n) is 9.15. The number of fused-ring (bicyclic) bond motifs is 1. The number of hydrogen-bond donors (Lipinski definition) is 1. The SMILES string of the molecule is FC(F)C(F)(F)Sc1c(Cl)ccc2c1CNCC2. The second kappa shape index (κ2) is 5.27. The average molecular weight is 300 g/mol. The molecule has 18 heavy (non-hydrogen) atoms. The van der Waals surface area contributed by atoms with Crippen LogP contribution >= 0.6 is 23.4 Å². The van der Waals surface area contributed by atoms with Gasteiger partial charge in [-0.3, -0.25) is 0 Å². The average Bonchev–Trinajstić information content (AvgIpc) is 2.32. The number of halogens is 5. The lowest BCUT2D eigenvalue weighted by Gasteiger charge is -2.23. The highest BCUT2D eigenvalue weighted by Crippen LogP contribution is 2.45. The number of alkyl halides is 4. The van der Waals surface area contributed by atoms with Crippen LogP contribution in [-0.4, -0.2) is 18.2 Å². The summed E-state index contributed by atoms with van der Waals surface area (Å²) in [7, 11) is 0. The molecule has 0 atom stereocenters. The van der Waals surface area contributed by atoms with E-state index >= 15 is 0 Å². The fraction of sp³-hybridized carbons (Fsp3) is 0.455. The van der Waals surface area contributed by atoms with Crippen molar-refractivity contribution in [1.29, 1.82) is 0 Å². The van der Waals surface area contributed by atoms with E-state index in [1.165, 1.54) is 6.07 Å². The number of thioether (sulfide) groups is 1. The molecule has 1 aliphatic heterocycles. The molecule has 0 aromatic heterocycles. The molecule has 7 heteroatoms. The van der Waals surface area contributed by atoms with E-state index < -0.39 is 11.7 Å². The Morgan fingerprint density at radius 3 is 2.72 bits per heavy atom. The molecule has 0 radical (unpaired) electrons. The Hall–Kier alpha value is -0.460. The fourth-order valence-electron chi connectivity index (χ4n) is 1.80. The van der Waals surface area contributed by atoms with Crippen LogP contribution in [0.3, 0.4) is 0 Å². The Morgan fingerprint density at radius 2 is 2.06 bits per heavy atom. The van der Waals surface area contributed by atoms with Crippen LogP contribution in [0.15, 0.2) is 17.0 Å². The molecule has 0 saturated carbocycles. The van der Waals surface area contributed by atoms with Gasteiger partial charge in [0.25, 0.3) is 0 Å². The fourth-order valence-corrected chi connectivity index (χ4v) is 2.94. The zero-order valence-corrected chi connectivity index (χ0v) is 10.7. The zero-order chi connectivity index (χ0) is 13.3. The Balaban J connectivity index is 2.38. The number of benzene rings is 1. The lowest BCUT2D eigenvalue weighted by Crippen LogP contribution is -2.26. The maximum absolute atomic E-state index is 13.1. The summed E-state index contributed by atoms with van der Waals surface area (Å²) in [4.78, 5) is 0.0478. The van der Waals surface area contributed by atoms with Gasteiger partial charge in [0.2, 0.25) is 0 Å². The summed E-state index contributed by atoms with van der Waals surface area (Å²) in [5.74, 6) is 0. The van der Waals surface area contributed by atoms with E-state index in [0.29, 0.717) is 18.5 Å². The predicted octanol–water partition coefficient (Wildman–Crippen LogP) is 3.94. The minimum atomic E-state index is -4.13. The first-order valence-corrected chi connectivity index (χ1v) is 6.47. The van der Waals surface area contributed by atoms with Gasteiger partial charge in [-0.1, -0.05) is 17.7 Å². The van der Waals surface area contributed by atoms with Crippen LogP contribution in [0, 0.1) is 0 Å². The van der Waals surface area contributed by atoms with Gasteiger partial charge >= 0.3 is 11.7 Å². The summed E-state index contributed by atoms with van der Waals surface area (Å²) in [6.07, 6.45) is -3.04. The summed E-state index contributed by atoms with van der Waals surface area (Å²) < 4.78 is 50.7. The van der Waals surface area contributed by atoms with Crippen molar-refractivity contribution in [3.8, 4) is 0 Å². The first-order valence-electron chi connectivity index (χ1n) is 5.28. The molecular weight excluding hydrogens is 290 g/mol. The molecule has 1 aliphatic rings. The van der Waals surface area contributed by atoms with E-state index in [4.69, 9.17) is 11.6 Å². The summed E-state index contributed by atoms with van der Waals surface area (Å²) in [5.41, 5.74) is 1.48. The van der Waals surface area contributed by atoms with E-state index in [9.17, 15) is 17.6 Å². The third kappa shape index (κ3) is 2.75. The van der Waals surface area contributed by atoms with Crippen LogP contribution in [0.4, 0.5) is 17.6 Å². The van der Waals surface area contributed by atoms with Crippen molar-refractivity contribution in [2.75, 3.05) is 6.54 Å². The smallest absolute Gasteiger partial charge is 0.312 e. The molecule has 1 nitrogen and oxygen atoms in total. The van der Waals surface area contributed by atoms with Crippen LogP contribution in [-0.2, 0) is 13.0 Å². The van der Waals surface area contributed by atoms with Gasteiger partial charge in [-0.25, -0.2) is 8.78 Å². The van der Waals surface area contributed by atoms with Gasteiger partial charge in [0.05, 0.1) is 5.02 Å². The predicted molar refractivity (Wildman–Crippen MR) is 63.7 cm³/mol. The van der Waals surface area contributed by atoms with Crippen molar-refractivity contribution in [2.45, 2.75) is 29.5 Å². The normalized spacial score (nSPS) is 15.9. The molecule has 100 valence electrons. The molecule has 0 aliphatic carbocycles. The molecule has 0 spiro atoms. The van der Waals surface area contributed by atoms with E-state index in [1.54, 1.807) is 6.07 Å². The van der Waals surface area contributed by atoms with E-state index in [-0.39, 0.29) is 21.7 Å². The molecule has 0 fully saturated rings. The van der Waals surface area contributed by atoms with Gasteiger partial charge in [0.15, 0.2) is 0 Å². The Kier molecular flexibility index (Phi) is 4.08. The molecule has 0 amide bonds. The van der Waals surface area contributed by atoms with Crippen LogP contribution < -0.4 is 5.32 Å². The molecule has 1 heterocycles. The van der Waals surface area contributed by atoms with Crippen LogP contribution in [0.2, 0.25) is 5.02 Å². The van der Waals surface area contributed by atoms with E-state index in [2.05, 4.69) is 5.32 Å². The molecule has 1 aromatic carbocycles. The van der Waals surface area contributed by atoms with Gasteiger partial charge in [-0.05, 0) is 41.9 Å². The molecular formula is C11H10ClF4NS. The van der Waals surface area contributed by atoms with Crippen LogP contribution in [0.25, 0.3) is 0 Å². The summed E-state index contributed by atoms with van der Waals surface area (Å²) >= 11 is 5.69. The standard InChI is InChI=1S/C11H10ClF4NS/c12-8-2-1-6-3-4-17-5-7(6)9(8)18-11(15,16)10(13)14/h1-2,10,17H,3-5H2. The maximum Gasteiger partial charge on any atom is 0.357 e. The topological polar surface area (TPSA) is 12.0 Å². The maximum atomic E-state index is 13.1. The number of rotatable bonds is 3. The molecule has 0 unspecified atom stereocenters. The number of hydrogen-bond acceptors (Lipinski definition) is 2. The third-order valence-corrected chi connectivity index (χ3v) is 4.22. The Morgan fingerprint density at radius 1 is 1.33 bits per heavy atom. The Bertz CT molecular complexity index is 453.